The van der Waals surface area contributed by atoms with Crippen molar-refractivity contribution in [1.29, 1.82) is 0 Å². The normalized spacial score (nSPS) is 22.1. The molecule has 1 N–H and O–H groups in total. The van der Waals surface area contributed by atoms with Gasteiger partial charge >= 0.3 is 6.03 Å². The van der Waals surface area contributed by atoms with Crippen LogP contribution in [0.15, 0.2) is 18.3 Å². The van der Waals surface area contributed by atoms with Crippen LogP contribution in [0.4, 0.5) is 16.3 Å². The number of amides is 2. The lowest BCUT2D eigenvalue weighted by molar-refractivity contribution is 0.0691. The van der Waals surface area contributed by atoms with Crippen molar-refractivity contribution in [2.75, 3.05) is 75.8 Å². The molecule has 3 aliphatic heterocycles. The van der Waals surface area contributed by atoms with Crippen LogP contribution in [0.1, 0.15) is 12.8 Å². The summed E-state index contributed by atoms with van der Waals surface area (Å²) in [6.07, 6.45) is 3.99. The molecule has 160 valence electrons. The molecular formula is C18H28N6O4S. The number of rotatable bonds is 4. The standard InChI is InChI=1S/C18H28N6O4S/c25-18(20-16-4-3-5-19-17(16)21-6-1-2-7-21)22-8-10-23(11-9-22)29(26,27)24-12-14-28-15-13-24/h3-5H,1-2,6-15H2,(H,20,25). The van der Waals surface area contributed by atoms with Crippen LogP contribution in [0.3, 0.4) is 0 Å². The molecule has 10 nitrogen and oxygen atoms in total. The van der Waals surface area contributed by atoms with E-state index in [4.69, 9.17) is 4.74 Å². The van der Waals surface area contributed by atoms with Crippen LogP contribution < -0.4 is 10.2 Å². The molecule has 3 saturated heterocycles. The van der Waals surface area contributed by atoms with E-state index in [1.165, 1.54) is 8.61 Å². The number of hydrogen-bond acceptors (Lipinski definition) is 6. The van der Waals surface area contributed by atoms with Gasteiger partial charge in [-0.25, -0.2) is 9.78 Å². The van der Waals surface area contributed by atoms with Gasteiger partial charge in [0.05, 0.1) is 18.9 Å². The lowest BCUT2D eigenvalue weighted by atomic mass is 10.3. The van der Waals surface area contributed by atoms with E-state index in [1.807, 2.05) is 12.1 Å². The van der Waals surface area contributed by atoms with Crippen LogP contribution in [0, 0.1) is 0 Å². The Morgan fingerprint density at radius 2 is 1.62 bits per heavy atom. The van der Waals surface area contributed by atoms with Crippen molar-refractivity contribution in [3.63, 3.8) is 0 Å². The number of piperazine rings is 1. The molecule has 0 saturated carbocycles. The highest BCUT2D eigenvalue weighted by Crippen LogP contribution is 2.26. The second-order valence-corrected chi connectivity index (χ2v) is 9.33. The van der Waals surface area contributed by atoms with E-state index in [2.05, 4.69) is 15.2 Å². The van der Waals surface area contributed by atoms with Gasteiger partial charge in [-0.2, -0.15) is 17.0 Å². The largest absolute Gasteiger partial charge is 0.379 e. The average Bonchev–Trinajstić information content (AvgIpc) is 3.29. The van der Waals surface area contributed by atoms with Crippen LogP contribution in [0.2, 0.25) is 0 Å². The number of hydrogen-bond donors (Lipinski definition) is 1. The van der Waals surface area contributed by atoms with Gasteiger partial charge in [-0.1, -0.05) is 0 Å². The number of carbonyl (C=O) groups is 1. The predicted octanol–water partition coefficient (Wildman–Crippen LogP) is 0.408. The smallest absolute Gasteiger partial charge is 0.322 e. The summed E-state index contributed by atoms with van der Waals surface area (Å²) < 4.78 is 33.7. The highest BCUT2D eigenvalue weighted by molar-refractivity contribution is 7.86. The molecule has 3 fully saturated rings. The Hall–Kier alpha value is -1.95. The number of nitrogens with one attached hydrogen (secondary N) is 1. The number of carbonyl (C=O) groups excluding carboxylic acids is 1. The number of aromatic nitrogens is 1. The first-order valence-electron chi connectivity index (χ1n) is 10.1. The van der Waals surface area contributed by atoms with Crippen molar-refractivity contribution in [2.45, 2.75) is 12.8 Å². The van der Waals surface area contributed by atoms with E-state index < -0.39 is 10.2 Å². The molecule has 1 aromatic rings. The van der Waals surface area contributed by atoms with Gasteiger partial charge in [0.15, 0.2) is 5.82 Å². The van der Waals surface area contributed by atoms with E-state index in [9.17, 15) is 13.2 Å². The Kier molecular flexibility index (Phi) is 6.18. The Labute approximate surface area is 171 Å². The molecular weight excluding hydrogens is 396 g/mol. The van der Waals surface area contributed by atoms with Crippen molar-refractivity contribution in [3.8, 4) is 0 Å². The minimum atomic E-state index is -3.50. The molecule has 3 aliphatic rings. The molecule has 0 atom stereocenters. The Balaban J connectivity index is 1.35. The minimum Gasteiger partial charge on any atom is -0.379 e. The minimum absolute atomic E-state index is 0.220. The fraction of sp³-hybridized carbons (Fsp3) is 0.667. The Morgan fingerprint density at radius 1 is 0.966 bits per heavy atom. The highest BCUT2D eigenvalue weighted by Gasteiger charge is 2.34. The maximum atomic E-state index is 12.8. The van der Waals surface area contributed by atoms with Crippen LogP contribution in [0.25, 0.3) is 0 Å². The third-order valence-electron chi connectivity index (χ3n) is 5.58. The van der Waals surface area contributed by atoms with Gasteiger partial charge in [0, 0.05) is 58.6 Å². The summed E-state index contributed by atoms with van der Waals surface area (Å²) in [5.41, 5.74) is 0.697. The van der Waals surface area contributed by atoms with Crippen molar-refractivity contribution in [3.05, 3.63) is 18.3 Å². The maximum Gasteiger partial charge on any atom is 0.322 e. The molecule has 4 rings (SSSR count). The van der Waals surface area contributed by atoms with Gasteiger partial charge < -0.3 is 19.9 Å². The lowest BCUT2D eigenvalue weighted by Gasteiger charge is -2.37. The van der Waals surface area contributed by atoms with E-state index in [1.54, 1.807) is 11.1 Å². The summed E-state index contributed by atoms with van der Waals surface area (Å²) >= 11 is 0. The summed E-state index contributed by atoms with van der Waals surface area (Å²) in [7, 11) is -3.50. The number of urea groups is 1. The number of pyridine rings is 1. The van der Waals surface area contributed by atoms with Crippen LogP contribution >= 0.6 is 0 Å². The molecule has 0 spiro atoms. The third-order valence-corrected chi connectivity index (χ3v) is 7.62. The van der Waals surface area contributed by atoms with Crippen molar-refractivity contribution in [1.82, 2.24) is 18.5 Å². The van der Waals surface area contributed by atoms with Crippen LogP contribution in [-0.2, 0) is 14.9 Å². The Bertz CT molecular complexity index is 815. The number of ether oxygens (including phenoxy) is 1. The van der Waals surface area contributed by atoms with Crippen LogP contribution in [-0.4, -0.2) is 98.5 Å². The van der Waals surface area contributed by atoms with E-state index >= 15 is 0 Å². The first-order valence-corrected chi connectivity index (χ1v) is 11.5. The zero-order chi connectivity index (χ0) is 20.3. The van der Waals surface area contributed by atoms with Gasteiger partial charge in [0.25, 0.3) is 10.2 Å². The van der Waals surface area contributed by atoms with E-state index in [0.29, 0.717) is 58.2 Å². The molecule has 2 amide bonds. The molecule has 0 bridgehead atoms. The van der Waals surface area contributed by atoms with Gasteiger partial charge in [0.2, 0.25) is 0 Å². The predicted molar refractivity (Wildman–Crippen MR) is 109 cm³/mol. The first kappa shape index (κ1) is 20.3. The second kappa shape index (κ2) is 8.82. The summed E-state index contributed by atoms with van der Waals surface area (Å²) in [6, 6.07) is 3.45. The summed E-state index contributed by atoms with van der Waals surface area (Å²) in [4.78, 5) is 21.1. The fourth-order valence-electron chi connectivity index (χ4n) is 3.93. The lowest BCUT2D eigenvalue weighted by Crippen LogP contribution is -2.56. The molecule has 0 radical (unpaired) electrons. The Morgan fingerprint density at radius 3 is 2.31 bits per heavy atom. The summed E-state index contributed by atoms with van der Waals surface area (Å²) in [6.45, 7) is 4.78. The maximum absolute atomic E-state index is 12.8. The van der Waals surface area contributed by atoms with Crippen molar-refractivity contribution < 1.29 is 17.9 Å². The fourth-order valence-corrected chi connectivity index (χ4v) is 5.49. The molecule has 0 aromatic carbocycles. The number of nitrogens with zero attached hydrogens (tertiary/aromatic N) is 5. The van der Waals surface area contributed by atoms with Crippen LogP contribution in [0.5, 0.6) is 0 Å². The zero-order valence-corrected chi connectivity index (χ0v) is 17.3. The van der Waals surface area contributed by atoms with E-state index in [-0.39, 0.29) is 6.03 Å². The summed E-state index contributed by atoms with van der Waals surface area (Å²) in [5.74, 6) is 0.798. The van der Waals surface area contributed by atoms with Gasteiger partial charge in [-0.05, 0) is 25.0 Å². The van der Waals surface area contributed by atoms with Crippen molar-refractivity contribution >= 4 is 27.7 Å². The highest BCUT2D eigenvalue weighted by atomic mass is 32.2. The molecule has 0 aliphatic carbocycles. The van der Waals surface area contributed by atoms with Crippen molar-refractivity contribution in [2.24, 2.45) is 0 Å². The quantitative estimate of drug-likeness (QED) is 0.752. The molecule has 0 unspecified atom stereocenters. The SMILES string of the molecule is O=C(Nc1cccnc1N1CCCC1)N1CCN(S(=O)(=O)N2CCOCC2)CC1. The first-order chi connectivity index (χ1) is 14.1. The third kappa shape index (κ3) is 4.47. The second-order valence-electron chi connectivity index (χ2n) is 7.40. The number of morpholine rings is 1. The van der Waals surface area contributed by atoms with Gasteiger partial charge in [-0.15, -0.1) is 0 Å². The average molecular weight is 425 g/mol. The molecule has 4 heterocycles. The number of anilines is 2. The van der Waals surface area contributed by atoms with E-state index in [0.717, 1.165) is 31.7 Å². The molecule has 11 heteroatoms. The molecule has 1 aromatic heterocycles. The van der Waals surface area contributed by atoms with Gasteiger partial charge in [-0.3, -0.25) is 0 Å². The monoisotopic (exact) mass is 424 g/mol. The summed E-state index contributed by atoms with van der Waals surface area (Å²) in [5, 5.41) is 2.96. The zero-order valence-electron chi connectivity index (χ0n) is 16.5. The van der Waals surface area contributed by atoms with Gasteiger partial charge in [0.1, 0.15) is 0 Å². The molecule has 29 heavy (non-hydrogen) atoms. The topological polar surface area (TPSA) is 98.3 Å².